The molecule has 0 heterocycles. The van der Waals surface area contributed by atoms with Gasteiger partial charge < -0.3 is 5.01 Å². The zero-order valence-corrected chi connectivity index (χ0v) is 10.8. The second-order valence-corrected chi connectivity index (χ2v) is 3.91. The molecule has 0 fully saturated rings. The summed E-state index contributed by atoms with van der Waals surface area (Å²) in [6.07, 6.45) is 2.28. The first kappa shape index (κ1) is 15.6. The molecular formula is C13H20F2N2. The molecule has 0 aromatic heterocycles. The minimum Gasteiger partial charge on any atom is -0.306 e. The van der Waals surface area contributed by atoms with Crippen molar-refractivity contribution in [1.29, 1.82) is 0 Å². The standard InChI is InChI=1S/C13H20F2N2/c1-7-8-11(3)17(16(5)6)9-10(2)13(15)12(4)14/h7H,1-3,8-9H2,4-6H3/b13-12-. The predicted octanol–water partition coefficient (Wildman–Crippen LogP) is 3.58. The smallest absolute Gasteiger partial charge is 0.158 e. The Morgan fingerprint density at radius 2 is 1.76 bits per heavy atom. The molecule has 2 nitrogen and oxygen atoms in total. The van der Waals surface area contributed by atoms with E-state index in [2.05, 4.69) is 19.7 Å². The molecule has 4 heteroatoms. The Labute approximate surface area is 102 Å². The molecule has 0 aliphatic carbocycles. The second kappa shape index (κ2) is 7.01. The summed E-state index contributed by atoms with van der Waals surface area (Å²) in [7, 11) is 3.59. The van der Waals surface area contributed by atoms with Crippen LogP contribution in [-0.4, -0.2) is 30.7 Å². The zero-order valence-electron chi connectivity index (χ0n) is 10.8. The number of allylic oxidation sites excluding steroid dienone is 2. The van der Waals surface area contributed by atoms with Crippen LogP contribution < -0.4 is 0 Å². The van der Waals surface area contributed by atoms with Crippen molar-refractivity contribution in [3.05, 3.63) is 48.7 Å². The number of halogens is 2. The van der Waals surface area contributed by atoms with Crippen LogP contribution in [0.5, 0.6) is 0 Å². The molecule has 0 radical (unpaired) electrons. The van der Waals surface area contributed by atoms with Crippen LogP contribution in [0.2, 0.25) is 0 Å². The van der Waals surface area contributed by atoms with E-state index in [0.29, 0.717) is 6.42 Å². The summed E-state index contributed by atoms with van der Waals surface area (Å²) in [6, 6.07) is 0. The highest BCUT2D eigenvalue weighted by atomic mass is 19.2. The summed E-state index contributed by atoms with van der Waals surface area (Å²) in [4.78, 5) is 0. The molecule has 0 spiro atoms. The molecule has 17 heavy (non-hydrogen) atoms. The third-order valence-electron chi connectivity index (χ3n) is 2.18. The second-order valence-electron chi connectivity index (χ2n) is 3.91. The molecule has 0 saturated carbocycles. The lowest BCUT2D eigenvalue weighted by molar-refractivity contribution is 0.0748. The number of hydrogen-bond donors (Lipinski definition) is 0. The average Bonchev–Trinajstić information content (AvgIpc) is 2.23. The highest BCUT2D eigenvalue weighted by Crippen LogP contribution is 2.19. The molecule has 0 aliphatic rings. The van der Waals surface area contributed by atoms with Gasteiger partial charge in [0.2, 0.25) is 0 Å². The first-order valence-electron chi connectivity index (χ1n) is 5.24. The SMILES string of the molecule is C=CCC(=C)N(CC(=C)/C(F)=C(\C)F)N(C)C. The average molecular weight is 242 g/mol. The van der Waals surface area contributed by atoms with Crippen molar-refractivity contribution in [2.75, 3.05) is 20.6 Å². The van der Waals surface area contributed by atoms with Crippen LogP contribution in [-0.2, 0) is 0 Å². The van der Waals surface area contributed by atoms with E-state index >= 15 is 0 Å². The highest BCUT2D eigenvalue weighted by molar-refractivity contribution is 5.26. The van der Waals surface area contributed by atoms with Gasteiger partial charge in [0, 0.05) is 31.8 Å². The van der Waals surface area contributed by atoms with Gasteiger partial charge in [-0.05, 0) is 6.92 Å². The van der Waals surface area contributed by atoms with E-state index in [1.165, 1.54) is 0 Å². The van der Waals surface area contributed by atoms with Gasteiger partial charge >= 0.3 is 0 Å². The molecule has 0 unspecified atom stereocenters. The lowest BCUT2D eigenvalue weighted by atomic mass is 10.2. The van der Waals surface area contributed by atoms with Gasteiger partial charge in [-0.3, -0.25) is 0 Å². The molecular weight excluding hydrogens is 222 g/mol. The van der Waals surface area contributed by atoms with Gasteiger partial charge in [0.1, 0.15) is 5.83 Å². The Morgan fingerprint density at radius 1 is 1.24 bits per heavy atom. The van der Waals surface area contributed by atoms with Crippen molar-refractivity contribution in [3.63, 3.8) is 0 Å². The van der Waals surface area contributed by atoms with Gasteiger partial charge in [-0.15, -0.1) is 6.58 Å². The number of hydrogen-bond acceptors (Lipinski definition) is 2. The zero-order chi connectivity index (χ0) is 13.6. The Kier molecular flexibility index (Phi) is 6.43. The topological polar surface area (TPSA) is 6.48 Å². The number of hydrazine groups is 1. The number of rotatable bonds is 7. The first-order valence-corrected chi connectivity index (χ1v) is 5.24. The van der Waals surface area contributed by atoms with Crippen LogP contribution in [0.4, 0.5) is 8.78 Å². The van der Waals surface area contributed by atoms with Crippen molar-refractivity contribution in [3.8, 4) is 0 Å². The van der Waals surface area contributed by atoms with Crippen LogP contribution in [0, 0.1) is 0 Å². The van der Waals surface area contributed by atoms with E-state index in [0.717, 1.165) is 12.6 Å². The quantitative estimate of drug-likeness (QED) is 0.382. The van der Waals surface area contributed by atoms with E-state index in [9.17, 15) is 8.78 Å². The molecule has 0 N–H and O–H groups in total. The minimum atomic E-state index is -0.900. The third kappa shape index (κ3) is 4.95. The summed E-state index contributed by atoms with van der Waals surface area (Å²) < 4.78 is 26.0. The van der Waals surface area contributed by atoms with E-state index in [4.69, 9.17) is 0 Å². The fourth-order valence-electron chi connectivity index (χ4n) is 1.30. The van der Waals surface area contributed by atoms with E-state index in [1.807, 2.05) is 0 Å². The van der Waals surface area contributed by atoms with Crippen LogP contribution in [0.15, 0.2) is 48.7 Å². The lowest BCUT2D eigenvalue weighted by Crippen LogP contribution is -2.37. The third-order valence-corrected chi connectivity index (χ3v) is 2.18. The summed E-state index contributed by atoms with van der Waals surface area (Å²) in [6.45, 7) is 12.2. The number of nitrogens with zero attached hydrogens (tertiary/aromatic N) is 2. The predicted molar refractivity (Wildman–Crippen MR) is 68.4 cm³/mol. The normalized spacial score (nSPS) is 12.1. The molecule has 0 bridgehead atoms. The van der Waals surface area contributed by atoms with Crippen LogP contribution in [0.25, 0.3) is 0 Å². The van der Waals surface area contributed by atoms with E-state index in [-0.39, 0.29) is 12.1 Å². The molecule has 0 rings (SSSR count). The lowest BCUT2D eigenvalue weighted by Gasteiger charge is -2.32. The van der Waals surface area contributed by atoms with Gasteiger partial charge in [0.05, 0.1) is 6.54 Å². The van der Waals surface area contributed by atoms with Crippen LogP contribution >= 0.6 is 0 Å². The van der Waals surface area contributed by atoms with Gasteiger partial charge in [-0.2, -0.15) is 0 Å². The van der Waals surface area contributed by atoms with Crippen molar-refractivity contribution in [1.82, 2.24) is 10.0 Å². The Morgan fingerprint density at radius 3 is 2.12 bits per heavy atom. The van der Waals surface area contributed by atoms with Gasteiger partial charge in [0.15, 0.2) is 5.83 Å². The van der Waals surface area contributed by atoms with Crippen LogP contribution in [0.3, 0.4) is 0 Å². The molecule has 0 amide bonds. The molecule has 0 aliphatic heterocycles. The van der Waals surface area contributed by atoms with Crippen molar-refractivity contribution in [2.45, 2.75) is 13.3 Å². The summed E-state index contributed by atoms with van der Waals surface area (Å²) >= 11 is 0. The highest BCUT2D eigenvalue weighted by Gasteiger charge is 2.14. The maximum absolute atomic E-state index is 13.3. The summed E-state index contributed by atoms with van der Waals surface area (Å²) in [5.74, 6) is -1.76. The molecule has 0 atom stereocenters. The maximum atomic E-state index is 13.3. The first-order chi connectivity index (χ1) is 7.81. The molecule has 0 aromatic rings. The van der Waals surface area contributed by atoms with Crippen molar-refractivity contribution in [2.24, 2.45) is 0 Å². The van der Waals surface area contributed by atoms with Gasteiger partial charge in [-0.1, -0.05) is 19.2 Å². The van der Waals surface area contributed by atoms with Crippen LogP contribution in [0.1, 0.15) is 13.3 Å². The maximum Gasteiger partial charge on any atom is 0.158 e. The summed E-state index contributed by atoms with van der Waals surface area (Å²) in [5, 5.41) is 3.46. The van der Waals surface area contributed by atoms with Crippen molar-refractivity contribution < 1.29 is 8.78 Å². The fourth-order valence-corrected chi connectivity index (χ4v) is 1.30. The Balaban J connectivity index is 4.79. The molecule has 0 saturated heterocycles. The fraction of sp³-hybridized carbons (Fsp3) is 0.385. The van der Waals surface area contributed by atoms with Gasteiger partial charge in [-0.25, -0.2) is 13.8 Å². The molecule has 0 aromatic carbocycles. The van der Waals surface area contributed by atoms with E-state index < -0.39 is 11.7 Å². The monoisotopic (exact) mass is 242 g/mol. The summed E-state index contributed by atoms with van der Waals surface area (Å²) in [5.41, 5.74) is 0.833. The Bertz CT molecular complexity index is 339. The largest absolute Gasteiger partial charge is 0.306 e. The van der Waals surface area contributed by atoms with Crippen molar-refractivity contribution >= 4 is 0 Å². The van der Waals surface area contributed by atoms with Gasteiger partial charge in [0.25, 0.3) is 0 Å². The molecule has 96 valence electrons. The van der Waals surface area contributed by atoms with E-state index in [1.54, 1.807) is 30.2 Å². The minimum absolute atomic E-state index is 0.0870. The Hall–Kier alpha value is -1.42.